The lowest BCUT2D eigenvalue weighted by Gasteiger charge is -2.38. The number of nitrogens with one attached hydrogen (secondary N) is 1. The molecule has 2 heterocycles. The molecule has 1 aromatic heterocycles. The van der Waals surface area contributed by atoms with Crippen molar-refractivity contribution in [2.45, 2.75) is 13.0 Å². The number of carbonyl (C=O) groups excluding carboxylic acids is 1. The van der Waals surface area contributed by atoms with Crippen LogP contribution in [0.4, 0.5) is 5.13 Å². The van der Waals surface area contributed by atoms with Crippen molar-refractivity contribution in [2.75, 3.05) is 24.6 Å². The molecular weight excluding hydrogens is 324 g/mol. The van der Waals surface area contributed by atoms with E-state index >= 15 is 0 Å². The lowest BCUT2D eigenvalue weighted by Crippen LogP contribution is -2.60. The molecule has 0 spiro atoms. The van der Waals surface area contributed by atoms with Crippen molar-refractivity contribution in [3.8, 4) is 5.75 Å². The molecule has 0 saturated carbocycles. The van der Waals surface area contributed by atoms with E-state index in [1.165, 1.54) is 0 Å². The molecule has 1 fully saturated rings. The summed E-state index contributed by atoms with van der Waals surface area (Å²) in [6.45, 7) is 3.42. The maximum atomic E-state index is 11.8. The van der Waals surface area contributed by atoms with E-state index in [-0.39, 0.29) is 18.6 Å². The summed E-state index contributed by atoms with van der Waals surface area (Å²) in [5.74, 6) is 0.493. The van der Waals surface area contributed by atoms with Crippen molar-refractivity contribution in [3.63, 3.8) is 0 Å². The normalized spacial score (nSPS) is 14.5. The third-order valence-electron chi connectivity index (χ3n) is 3.22. The van der Waals surface area contributed by atoms with Crippen molar-refractivity contribution in [3.05, 3.63) is 34.3 Å². The Bertz CT molecular complexity index is 655. The SMILES string of the molecule is Cc1nnc(N2CC(NC(=O)COc3ccc(Cl)cc3)C2)s1. The quantitative estimate of drug-likeness (QED) is 0.901. The number of halogens is 1. The molecule has 0 bridgehead atoms. The highest BCUT2D eigenvalue weighted by Gasteiger charge is 2.30. The van der Waals surface area contributed by atoms with Crippen LogP contribution in [0.3, 0.4) is 0 Å². The summed E-state index contributed by atoms with van der Waals surface area (Å²) in [5, 5.41) is 13.5. The molecule has 1 aliphatic rings. The molecule has 22 heavy (non-hydrogen) atoms. The van der Waals surface area contributed by atoms with Crippen LogP contribution in [-0.4, -0.2) is 41.8 Å². The average molecular weight is 339 g/mol. The molecule has 0 atom stereocenters. The highest BCUT2D eigenvalue weighted by Crippen LogP contribution is 2.24. The molecule has 116 valence electrons. The minimum atomic E-state index is -0.131. The van der Waals surface area contributed by atoms with Gasteiger partial charge in [0.1, 0.15) is 10.8 Å². The first-order chi connectivity index (χ1) is 10.6. The second kappa shape index (κ2) is 6.50. The van der Waals surface area contributed by atoms with Crippen molar-refractivity contribution >= 4 is 34.0 Å². The van der Waals surface area contributed by atoms with Crippen LogP contribution >= 0.6 is 22.9 Å². The standard InChI is InChI=1S/C14H15ClN4O2S/c1-9-17-18-14(22-9)19-6-11(7-19)16-13(20)8-21-12-4-2-10(15)3-5-12/h2-5,11H,6-8H2,1H3,(H,16,20). The zero-order chi connectivity index (χ0) is 15.5. The van der Waals surface area contributed by atoms with Crippen LogP contribution in [0, 0.1) is 6.92 Å². The fraction of sp³-hybridized carbons (Fsp3) is 0.357. The molecule has 6 nitrogen and oxygen atoms in total. The zero-order valence-electron chi connectivity index (χ0n) is 12.0. The van der Waals surface area contributed by atoms with Gasteiger partial charge in [-0.2, -0.15) is 0 Å². The molecule has 8 heteroatoms. The van der Waals surface area contributed by atoms with Crippen LogP contribution in [0.5, 0.6) is 5.75 Å². The lowest BCUT2D eigenvalue weighted by molar-refractivity contribution is -0.123. The van der Waals surface area contributed by atoms with E-state index in [1.54, 1.807) is 35.6 Å². The summed E-state index contributed by atoms with van der Waals surface area (Å²) in [6, 6.07) is 7.05. The Morgan fingerprint density at radius 1 is 1.41 bits per heavy atom. The van der Waals surface area contributed by atoms with Crippen LogP contribution in [-0.2, 0) is 4.79 Å². The Morgan fingerprint density at radius 3 is 2.77 bits per heavy atom. The number of rotatable bonds is 5. The van der Waals surface area contributed by atoms with Crippen LogP contribution in [0.1, 0.15) is 5.01 Å². The predicted molar refractivity (Wildman–Crippen MR) is 85.7 cm³/mol. The van der Waals surface area contributed by atoms with E-state index < -0.39 is 0 Å². The summed E-state index contributed by atoms with van der Waals surface area (Å²) < 4.78 is 5.40. The molecule has 0 unspecified atom stereocenters. The number of ether oxygens (including phenoxy) is 1. The first-order valence-corrected chi connectivity index (χ1v) is 8.02. The Morgan fingerprint density at radius 2 is 2.14 bits per heavy atom. The van der Waals surface area contributed by atoms with Gasteiger partial charge in [-0.1, -0.05) is 22.9 Å². The van der Waals surface area contributed by atoms with Crippen LogP contribution in [0.25, 0.3) is 0 Å². The fourth-order valence-corrected chi connectivity index (χ4v) is 2.92. The minimum Gasteiger partial charge on any atom is -0.484 e. The largest absolute Gasteiger partial charge is 0.484 e. The molecule has 1 amide bonds. The third-order valence-corrected chi connectivity index (χ3v) is 4.37. The van der Waals surface area contributed by atoms with Gasteiger partial charge in [0.05, 0.1) is 6.04 Å². The first kappa shape index (κ1) is 15.1. The van der Waals surface area contributed by atoms with Crippen molar-refractivity contribution in [2.24, 2.45) is 0 Å². The maximum absolute atomic E-state index is 11.8. The first-order valence-electron chi connectivity index (χ1n) is 6.83. The molecule has 1 aliphatic heterocycles. The summed E-state index contributed by atoms with van der Waals surface area (Å²) >= 11 is 7.34. The second-order valence-electron chi connectivity index (χ2n) is 5.02. The Kier molecular flexibility index (Phi) is 4.44. The monoisotopic (exact) mass is 338 g/mol. The van der Waals surface area contributed by atoms with Crippen molar-refractivity contribution in [1.82, 2.24) is 15.5 Å². The molecule has 1 aromatic carbocycles. The van der Waals surface area contributed by atoms with Gasteiger partial charge in [0.2, 0.25) is 5.13 Å². The molecule has 1 saturated heterocycles. The van der Waals surface area contributed by atoms with Gasteiger partial charge in [0.25, 0.3) is 5.91 Å². The Labute approximate surface area is 137 Å². The number of carbonyl (C=O) groups is 1. The lowest BCUT2D eigenvalue weighted by atomic mass is 10.1. The topological polar surface area (TPSA) is 67.4 Å². The van der Waals surface area contributed by atoms with E-state index in [2.05, 4.69) is 20.4 Å². The summed E-state index contributed by atoms with van der Waals surface area (Å²) in [5.41, 5.74) is 0. The number of aromatic nitrogens is 2. The van der Waals surface area contributed by atoms with Gasteiger partial charge in [-0.25, -0.2) is 0 Å². The number of aryl methyl sites for hydroxylation is 1. The number of benzene rings is 1. The highest BCUT2D eigenvalue weighted by atomic mass is 35.5. The van der Waals surface area contributed by atoms with Crippen LogP contribution < -0.4 is 15.0 Å². The highest BCUT2D eigenvalue weighted by molar-refractivity contribution is 7.15. The zero-order valence-corrected chi connectivity index (χ0v) is 13.5. The Hall–Kier alpha value is -1.86. The minimum absolute atomic E-state index is 0.00392. The van der Waals surface area contributed by atoms with Gasteiger partial charge in [-0.05, 0) is 31.2 Å². The van der Waals surface area contributed by atoms with E-state index in [4.69, 9.17) is 16.3 Å². The summed E-state index contributed by atoms with van der Waals surface area (Å²) in [6.07, 6.45) is 0. The molecule has 0 aliphatic carbocycles. The van der Waals surface area contributed by atoms with Crippen molar-refractivity contribution in [1.29, 1.82) is 0 Å². The number of hydrogen-bond acceptors (Lipinski definition) is 6. The average Bonchev–Trinajstić information content (AvgIpc) is 2.88. The predicted octanol–water partition coefficient (Wildman–Crippen LogP) is 1.88. The van der Waals surface area contributed by atoms with Gasteiger partial charge >= 0.3 is 0 Å². The Balaban J connectivity index is 1.39. The van der Waals surface area contributed by atoms with Gasteiger partial charge in [-0.3, -0.25) is 4.79 Å². The van der Waals surface area contributed by atoms with E-state index in [9.17, 15) is 4.79 Å². The second-order valence-corrected chi connectivity index (χ2v) is 6.61. The van der Waals surface area contributed by atoms with Gasteiger partial charge in [-0.15, -0.1) is 10.2 Å². The number of amides is 1. The molecule has 1 N–H and O–H groups in total. The molecule has 0 radical (unpaired) electrons. The summed E-state index contributed by atoms with van der Waals surface area (Å²) in [7, 11) is 0. The van der Waals surface area contributed by atoms with Gasteiger partial charge in [0, 0.05) is 18.1 Å². The smallest absolute Gasteiger partial charge is 0.258 e. The fourth-order valence-electron chi connectivity index (χ4n) is 2.09. The van der Waals surface area contributed by atoms with E-state index in [1.807, 2.05) is 6.92 Å². The van der Waals surface area contributed by atoms with Crippen molar-refractivity contribution < 1.29 is 9.53 Å². The maximum Gasteiger partial charge on any atom is 0.258 e. The van der Waals surface area contributed by atoms with Gasteiger partial charge < -0.3 is 15.0 Å². The molecular formula is C14H15ClN4O2S. The number of hydrogen-bond donors (Lipinski definition) is 1. The molecule has 2 aromatic rings. The third kappa shape index (κ3) is 3.66. The number of nitrogens with zero attached hydrogens (tertiary/aromatic N) is 3. The van der Waals surface area contributed by atoms with Crippen LogP contribution in [0.15, 0.2) is 24.3 Å². The molecule has 3 rings (SSSR count). The van der Waals surface area contributed by atoms with E-state index in [0.717, 1.165) is 23.2 Å². The van der Waals surface area contributed by atoms with Gasteiger partial charge in [0.15, 0.2) is 6.61 Å². The van der Waals surface area contributed by atoms with E-state index in [0.29, 0.717) is 10.8 Å². The van der Waals surface area contributed by atoms with Crippen LogP contribution in [0.2, 0.25) is 5.02 Å². The number of anilines is 1. The summed E-state index contributed by atoms with van der Waals surface area (Å²) in [4.78, 5) is 13.9.